The number of fused-ring (bicyclic) bond motifs is 1. The van der Waals surface area contributed by atoms with Crippen LogP contribution in [0.5, 0.6) is 0 Å². The number of nitrogens with one attached hydrogen (secondary N) is 1. The Balaban J connectivity index is 0.000000880. The van der Waals surface area contributed by atoms with E-state index >= 15 is 0 Å². The minimum absolute atomic E-state index is 0.569. The van der Waals surface area contributed by atoms with Crippen LogP contribution in [0.3, 0.4) is 0 Å². The molecule has 0 bridgehead atoms. The third-order valence-corrected chi connectivity index (χ3v) is 6.90. The summed E-state index contributed by atoms with van der Waals surface area (Å²) in [6.07, 6.45) is 6.74. The van der Waals surface area contributed by atoms with E-state index in [1.54, 1.807) is 11.3 Å². The van der Waals surface area contributed by atoms with Crippen molar-refractivity contribution >= 4 is 50.2 Å². The zero-order valence-electron chi connectivity index (χ0n) is 14.4. The second-order valence-corrected chi connectivity index (χ2v) is 8.63. The van der Waals surface area contributed by atoms with Crippen LogP contribution >= 0.6 is 34.3 Å². The van der Waals surface area contributed by atoms with E-state index in [9.17, 15) is 0 Å². The third kappa shape index (κ3) is 4.53. The topological polar surface area (TPSA) is 50.9 Å². The van der Waals surface area contributed by atoms with Crippen molar-refractivity contribution in [2.75, 3.05) is 12.4 Å². The van der Waals surface area contributed by atoms with E-state index in [0.29, 0.717) is 11.1 Å². The monoisotopic (exact) mass is 393 g/mol. The summed E-state index contributed by atoms with van der Waals surface area (Å²) in [5, 5.41) is 6.22. The van der Waals surface area contributed by atoms with Gasteiger partial charge in [-0.2, -0.15) is 0 Å². The van der Waals surface area contributed by atoms with E-state index in [-0.39, 0.29) is 0 Å². The van der Waals surface area contributed by atoms with Gasteiger partial charge in [-0.3, -0.25) is 0 Å². The van der Waals surface area contributed by atoms with E-state index in [2.05, 4.69) is 39.6 Å². The summed E-state index contributed by atoms with van der Waals surface area (Å²) in [6.45, 7) is 0.837. The lowest BCUT2D eigenvalue weighted by atomic mass is 9.88. The highest BCUT2D eigenvalue weighted by Gasteiger charge is 2.19. The average Bonchev–Trinajstić information content (AvgIpc) is 3.31. The summed E-state index contributed by atoms with van der Waals surface area (Å²) in [6, 6.07) is 8.46. The first-order valence-corrected chi connectivity index (χ1v) is 10.8. The normalized spacial score (nSPS) is 15.0. The molecule has 3 heterocycles. The number of rotatable bonds is 4. The second kappa shape index (κ2) is 8.99. The Morgan fingerprint density at radius 2 is 2.04 bits per heavy atom. The smallest absolute Gasteiger partial charge is 0.131 e. The molecule has 4 rings (SSSR count). The van der Waals surface area contributed by atoms with E-state index in [1.807, 2.05) is 17.4 Å². The Bertz CT molecular complexity index is 792. The number of pyridine rings is 1. The molecule has 0 atom stereocenters. The molecule has 134 valence electrons. The van der Waals surface area contributed by atoms with Gasteiger partial charge in [0.2, 0.25) is 0 Å². The largest absolute Gasteiger partial charge is 0.379 e. The van der Waals surface area contributed by atoms with Crippen LogP contribution in [0, 0.1) is 0 Å². The third-order valence-electron chi connectivity index (χ3n) is 4.51. The zero-order chi connectivity index (χ0) is 17.6. The van der Waals surface area contributed by atoms with Crippen LogP contribution in [0.15, 0.2) is 29.6 Å². The van der Waals surface area contributed by atoms with Crippen LogP contribution in [-0.4, -0.2) is 12.0 Å². The fourth-order valence-corrected chi connectivity index (χ4v) is 5.43. The van der Waals surface area contributed by atoms with Gasteiger partial charge in [-0.1, -0.05) is 36.9 Å². The van der Waals surface area contributed by atoms with Gasteiger partial charge in [-0.15, -0.1) is 22.7 Å². The molecule has 3 aromatic rings. The van der Waals surface area contributed by atoms with Gasteiger partial charge in [0.15, 0.2) is 0 Å². The maximum absolute atomic E-state index is 6.24. The van der Waals surface area contributed by atoms with Crippen LogP contribution in [0.4, 0.5) is 5.69 Å². The highest BCUT2D eigenvalue weighted by atomic mass is 35.5. The number of anilines is 1. The van der Waals surface area contributed by atoms with Gasteiger partial charge in [-0.25, -0.2) is 4.98 Å². The molecule has 0 spiro atoms. The van der Waals surface area contributed by atoms with Gasteiger partial charge in [0.25, 0.3) is 0 Å². The molecule has 3 nitrogen and oxygen atoms in total. The molecule has 1 aliphatic carbocycles. The molecule has 1 fully saturated rings. The predicted octanol–water partition coefficient (Wildman–Crippen LogP) is 6.25. The molecule has 3 N–H and O–H groups in total. The maximum Gasteiger partial charge on any atom is 0.131 e. The minimum atomic E-state index is 0.569. The Labute approximate surface area is 162 Å². The first-order valence-electron chi connectivity index (χ1n) is 8.73. The molecule has 25 heavy (non-hydrogen) atoms. The standard InChI is InChI=1S/C18H19ClN2S2.CH5N/c19-17-10-14(20-11-13-7-4-8-22-13)18-15(21-17)9-16(23-18)12-5-2-1-3-6-12;1-2/h4,7-10,12H,1-3,5-6,11H2,(H,20,21);2H2,1H3. The number of nitrogens with two attached hydrogens (primary N) is 1. The molecule has 0 unspecified atom stereocenters. The Morgan fingerprint density at radius 3 is 2.76 bits per heavy atom. The van der Waals surface area contributed by atoms with Crippen molar-refractivity contribution in [3.63, 3.8) is 0 Å². The Morgan fingerprint density at radius 1 is 1.24 bits per heavy atom. The highest BCUT2D eigenvalue weighted by Crippen LogP contribution is 2.41. The summed E-state index contributed by atoms with van der Waals surface area (Å²) >= 11 is 9.90. The first-order chi connectivity index (χ1) is 12.3. The van der Waals surface area contributed by atoms with Crippen molar-refractivity contribution in [2.45, 2.75) is 44.6 Å². The van der Waals surface area contributed by atoms with Crippen LogP contribution < -0.4 is 11.1 Å². The lowest BCUT2D eigenvalue weighted by molar-refractivity contribution is 0.448. The van der Waals surface area contributed by atoms with Gasteiger partial charge < -0.3 is 11.1 Å². The number of hydrogen-bond donors (Lipinski definition) is 2. The molecule has 0 amide bonds. The Hall–Kier alpha value is -1.14. The van der Waals surface area contributed by atoms with E-state index < -0.39 is 0 Å². The van der Waals surface area contributed by atoms with Gasteiger partial charge in [0.05, 0.1) is 15.9 Å². The number of nitrogens with zero attached hydrogens (tertiary/aromatic N) is 1. The fourth-order valence-electron chi connectivity index (χ4n) is 3.32. The molecule has 1 saturated carbocycles. The first kappa shape index (κ1) is 18.6. The molecule has 1 aliphatic rings. The van der Waals surface area contributed by atoms with Gasteiger partial charge in [0.1, 0.15) is 5.15 Å². The number of aromatic nitrogens is 1. The lowest BCUT2D eigenvalue weighted by Gasteiger charge is -2.19. The summed E-state index contributed by atoms with van der Waals surface area (Å²) < 4.78 is 1.24. The number of halogens is 1. The van der Waals surface area contributed by atoms with Crippen molar-refractivity contribution in [1.82, 2.24) is 4.98 Å². The van der Waals surface area contributed by atoms with Gasteiger partial charge in [-0.05, 0) is 43.3 Å². The molecular weight excluding hydrogens is 370 g/mol. The minimum Gasteiger partial charge on any atom is -0.379 e. The van der Waals surface area contributed by atoms with E-state index in [1.165, 1.54) is 53.6 Å². The lowest BCUT2D eigenvalue weighted by Crippen LogP contribution is -2.02. The molecule has 0 saturated heterocycles. The van der Waals surface area contributed by atoms with Crippen molar-refractivity contribution in [3.05, 3.63) is 44.6 Å². The molecule has 0 aromatic carbocycles. The van der Waals surface area contributed by atoms with E-state index in [0.717, 1.165) is 17.7 Å². The van der Waals surface area contributed by atoms with Crippen molar-refractivity contribution in [2.24, 2.45) is 5.73 Å². The summed E-state index contributed by atoms with van der Waals surface area (Å²) in [5.74, 6) is 0.715. The van der Waals surface area contributed by atoms with E-state index in [4.69, 9.17) is 11.6 Å². The number of hydrogen-bond acceptors (Lipinski definition) is 5. The molecular formula is C19H24ClN3S2. The van der Waals surface area contributed by atoms with Gasteiger partial charge >= 0.3 is 0 Å². The average molecular weight is 394 g/mol. The van der Waals surface area contributed by atoms with Crippen LogP contribution in [0.25, 0.3) is 10.2 Å². The second-order valence-electron chi connectivity index (χ2n) is 6.12. The van der Waals surface area contributed by atoms with Crippen molar-refractivity contribution in [1.29, 1.82) is 0 Å². The predicted molar refractivity (Wildman–Crippen MR) is 112 cm³/mol. The maximum atomic E-state index is 6.24. The number of thiophene rings is 2. The summed E-state index contributed by atoms with van der Waals surface area (Å²) in [7, 11) is 1.50. The van der Waals surface area contributed by atoms with Crippen molar-refractivity contribution < 1.29 is 0 Å². The van der Waals surface area contributed by atoms with Crippen LogP contribution in [-0.2, 0) is 6.54 Å². The van der Waals surface area contributed by atoms with Crippen LogP contribution in [0.2, 0.25) is 5.15 Å². The zero-order valence-corrected chi connectivity index (χ0v) is 16.8. The fraction of sp³-hybridized carbons (Fsp3) is 0.421. The highest BCUT2D eigenvalue weighted by molar-refractivity contribution is 7.19. The molecule has 0 radical (unpaired) electrons. The molecule has 0 aliphatic heterocycles. The van der Waals surface area contributed by atoms with Crippen molar-refractivity contribution in [3.8, 4) is 0 Å². The molecule has 6 heteroatoms. The summed E-state index contributed by atoms with van der Waals surface area (Å²) in [5.41, 5.74) is 6.65. The molecule has 3 aromatic heterocycles. The Kier molecular flexibility index (Phi) is 6.70. The SMILES string of the molecule is CN.Clc1cc(NCc2cccs2)c2sc(C3CCCCC3)cc2n1. The van der Waals surface area contributed by atoms with Crippen LogP contribution in [0.1, 0.15) is 47.8 Å². The van der Waals surface area contributed by atoms with Gasteiger partial charge in [0, 0.05) is 22.4 Å². The summed E-state index contributed by atoms with van der Waals surface area (Å²) in [4.78, 5) is 7.34. The quantitative estimate of drug-likeness (QED) is 0.515.